The Balaban J connectivity index is 1.46. The Morgan fingerprint density at radius 1 is 0.917 bits per heavy atom. The molecule has 0 radical (unpaired) electrons. The van der Waals surface area contributed by atoms with Gasteiger partial charge < -0.3 is 19.9 Å². The van der Waals surface area contributed by atoms with Crippen molar-refractivity contribution in [3.8, 4) is 10.6 Å². The maximum Gasteiger partial charge on any atom is 0.337 e. The van der Waals surface area contributed by atoms with Crippen molar-refractivity contribution in [2.24, 2.45) is 0 Å². The Labute approximate surface area is 213 Å². The van der Waals surface area contributed by atoms with E-state index in [0.717, 1.165) is 33.6 Å². The van der Waals surface area contributed by atoms with Gasteiger partial charge in [-0.1, -0.05) is 60.7 Å². The Hall–Kier alpha value is -4.36. The van der Waals surface area contributed by atoms with Crippen molar-refractivity contribution in [1.29, 1.82) is 0 Å². The summed E-state index contributed by atoms with van der Waals surface area (Å²) >= 11 is 1.68. The van der Waals surface area contributed by atoms with Crippen LogP contribution < -0.4 is 10.6 Å². The lowest BCUT2D eigenvalue weighted by molar-refractivity contribution is 0.0600. The third kappa shape index (κ3) is 4.87. The number of para-hydroxylation sites is 1. The summed E-state index contributed by atoms with van der Waals surface area (Å²) in [5.41, 5.74) is 5.37. The fourth-order valence-corrected chi connectivity index (χ4v) is 5.17. The Morgan fingerprint density at radius 2 is 1.72 bits per heavy atom. The molecule has 0 aliphatic carbocycles. The smallest absolute Gasteiger partial charge is 0.337 e. The molecule has 0 saturated heterocycles. The quantitative estimate of drug-likeness (QED) is 0.252. The Bertz CT molecular complexity index is 1510. The number of carbonyl (C=O) groups excluding carboxylic acids is 2. The van der Waals surface area contributed by atoms with Crippen LogP contribution in [0.5, 0.6) is 0 Å². The van der Waals surface area contributed by atoms with Crippen molar-refractivity contribution in [1.82, 2.24) is 9.88 Å². The van der Waals surface area contributed by atoms with Crippen LogP contribution >= 0.6 is 11.3 Å². The number of aromatic nitrogens is 1. The van der Waals surface area contributed by atoms with E-state index >= 15 is 0 Å². The zero-order valence-corrected chi connectivity index (χ0v) is 20.5. The largest absolute Gasteiger partial charge is 0.465 e. The molecule has 5 rings (SSSR count). The maximum atomic E-state index is 12.8. The summed E-state index contributed by atoms with van der Waals surface area (Å²) < 4.78 is 7.09. The van der Waals surface area contributed by atoms with Crippen molar-refractivity contribution in [2.45, 2.75) is 13.1 Å². The SMILES string of the molecule is COC(=O)c1cccc(NC(=O)NCc2c(-c3cccs3)n(Cc3ccccc3)c3ccccc23)c1. The highest BCUT2D eigenvalue weighted by Crippen LogP contribution is 2.36. The molecule has 36 heavy (non-hydrogen) atoms. The van der Waals surface area contributed by atoms with Crippen molar-refractivity contribution in [3.05, 3.63) is 113 Å². The monoisotopic (exact) mass is 495 g/mol. The summed E-state index contributed by atoms with van der Waals surface area (Å²) in [6, 6.07) is 29.1. The molecule has 5 aromatic rings. The molecule has 2 heterocycles. The summed E-state index contributed by atoms with van der Waals surface area (Å²) in [7, 11) is 1.33. The number of thiophene rings is 1. The molecule has 6 nitrogen and oxygen atoms in total. The minimum Gasteiger partial charge on any atom is -0.465 e. The normalized spacial score (nSPS) is 10.8. The highest BCUT2D eigenvalue weighted by Gasteiger charge is 2.20. The average Bonchev–Trinajstić information content (AvgIpc) is 3.54. The van der Waals surface area contributed by atoms with Gasteiger partial charge in [0.2, 0.25) is 0 Å². The van der Waals surface area contributed by atoms with Crippen molar-refractivity contribution < 1.29 is 14.3 Å². The lowest BCUT2D eigenvalue weighted by atomic mass is 10.1. The number of ether oxygens (including phenoxy) is 1. The van der Waals surface area contributed by atoms with E-state index in [2.05, 4.69) is 50.9 Å². The molecule has 7 heteroatoms. The van der Waals surface area contributed by atoms with Crippen LogP contribution in [0.15, 0.2) is 96.4 Å². The number of carbonyl (C=O) groups is 2. The number of hydrogen-bond donors (Lipinski definition) is 2. The number of urea groups is 1. The number of methoxy groups -OCH3 is 1. The van der Waals surface area contributed by atoms with E-state index in [1.54, 1.807) is 35.6 Å². The third-order valence-electron chi connectivity index (χ3n) is 5.98. The van der Waals surface area contributed by atoms with Crippen molar-refractivity contribution in [3.63, 3.8) is 0 Å². The zero-order valence-electron chi connectivity index (χ0n) is 19.7. The fraction of sp³-hybridized carbons (Fsp3) is 0.103. The molecule has 0 spiro atoms. The molecule has 0 aliphatic heterocycles. The van der Waals surface area contributed by atoms with E-state index < -0.39 is 5.97 Å². The van der Waals surface area contributed by atoms with Gasteiger partial charge in [-0.3, -0.25) is 0 Å². The number of amides is 2. The average molecular weight is 496 g/mol. The molecule has 0 atom stereocenters. The first-order valence-electron chi connectivity index (χ1n) is 11.5. The highest BCUT2D eigenvalue weighted by molar-refractivity contribution is 7.13. The summed E-state index contributed by atoms with van der Waals surface area (Å²) in [6.45, 7) is 1.07. The first kappa shape index (κ1) is 23.4. The summed E-state index contributed by atoms with van der Waals surface area (Å²) in [6.07, 6.45) is 0. The maximum absolute atomic E-state index is 12.8. The van der Waals surface area contributed by atoms with E-state index in [-0.39, 0.29) is 6.03 Å². The van der Waals surface area contributed by atoms with E-state index in [9.17, 15) is 9.59 Å². The lowest BCUT2D eigenvalue weighted by Crippen LogP contribution is -2.28. The molecular formula is C29H25N3O3S. The number of nitrogens with one attached hydrogen (secondary N) is 2. The molecule has 2 aromatic heterocycles. The van der Waals surface area contributed by atoms with Gasteiger partial charge in [-0.15, -0.1) is 11.3 Å². The van der Waals surface area contributed by atoms with Crippen LogP contribution in [0, 0.1) is 0 Å². The standard InChI is InChI=1S/C29H25N3O3S/c1-35-28(33)21-11-7-12-22(17-21)31-29(34)30-18-24-23-13-5-6-14-25(23)32(19-20-9-3-2-4-10-20)27(24)26-15-8-16-36-26/h2-17H,18-19H2,1H3,(H2,30,31,34). The minimum absolute atomic E-state index is 0.345. The van der Waals surface area contributed by atoms with Crippen LogP contribution in [-0.2, 0) is 17.8 Å². The van der Waals surface area contributed by atoms with Crippen LogP contribution in [0.1, 0.15) is 21.5 Å². The molecular weight excluding hydrogens is 470 g/mol. The van der Waals surface area contributed by atoms with Crippen LogP contribution in [-0.4, -0.2) is 23.7 Å². The molecule has 0 unspecified atom stereocenters. The topological polar surface area (TPSA) is 72.4 Å². The Kier molecular flexibility index (Phi) is 6.82. The predicted octanol–water partition coefficient (Wildman–Crippen LogP) is 6.53. The number of benzene rings is 3. The Morgan fingerprint density at radius 3 is 2.50 bits per heavy atom. The second kappa shape index (κ2) is 10.5. The van der Waals surface area contributed by atoms with Gasteiger partial charge in [0.1, 0.15) is 0 Å². The minimum atomic E-state index is -0.453. The molecule has 0 saturated carbocycles. The molecule has 2 N–H and O–H groups in total. The van der Waals surface area contributed by atoms with Crippen LogP contribution in [0.4, 0.5) is 10.5 Å². The van der Waals surface area contributed by atoms with E-state index in [0.29, 0.717) is 17.8 Å². The van der Waals surface area contributed by atoms with Crippen molar-refractivity contribution >= 4 is 39.9 Å². The molecule has 0 bridgehead atoms. The summed E-state index contributed by atoms with van der Waals surface area (Å²) in [4.78, 5) is 25.8. The molecule has 3 aromatic carbocycles. The van der Waals surface area contributed by atoms with E-state index in [1.165, 1.54) is 12.7 Å². The van der Waals surface area contributed by atoms with Gasteiger partial charge >= 0.3 is 12.0 Å². The van der Waals surface area contributed by atoms with Gasteiger partial charge in [0.05, 0.1) is 23.2 Å². The lowest BCUT2D eigenvalue weighted by Gasteiger charge is -2.13. The van der Waals surface area contributed by atoms with Gasteiger partial charge in [-0.25, -0.2) is 9.59 Å². The molecule has 0 fully saturated rings. The van der Waals surface area contributed by atoms with Gasteiger partial charge in [0, 0.05) is 35.2 Å². The molecule has 180 valence electrons. The van der Waals surface area contributed by atoms with E-state index in [1.807, 2.05) is 36.4 Å². The molecule has 2 amide bonds. The van der Waals surface area contributed by atoms with Crippen molar-refractivity contribution in [2.75, 3.05) is 12.4 Å². The second-order valence-electron chi connectivity index (χ2n) is 8.27. The van der Waals surface area contributed by atoms with Gasteiger partial charge in [-0.2, -0.15) is 0 Å². The number of anilines is 1. The number of nitrogens with zero attached hydrogens (tertiary/aromatic N) is 1. The summed E-state index contributed by atoms with van der Waals surface area (Å²) in [5, 5.41) is 8.99. The second-order valence-corrected chi connectivity index (χ2v) is 9.22. The first-order chi connectivity index (χ1) is 17.6. The van der Waals surface area contributed by atoms with Gasteiger partial charge in [-0.05, 0) is 41.3 Å². The zero-order chi connectivity index (χ0) is 24.9. The van der Waals surface area contributed by atoms with Gasteiger partial charge in [0.15, 0.2) is 0 Å². The number of hydrogen-bond acceptors (Lipinski definition) is 4. The third-order valence-corrected chi connectivity index (χ3v) is 6.86. The first-order valence-corrected chi connectivity index (χ1v) is 12.4. The predicted molar refractivity (Wildman–Crippen MR) is 144 cm³/mol. The number of fused-ring (bicyclic) bond motifs is 1. The number of rotatable bonds is 7. The van der Waals surface area contributed by atoms with Gasteiger partial charge in [0.25, 0.3) is 0 Å². The van der Waals surface area contributed by atoms with Crippen LogP contribution in [0.2, 0.25) is 0 Å². The van der Waals surface area contributed by atoms with E-state index in [4.69, 9.17) is 4.74 Å². The molecule has 0 aliphatic rings. The van der Waals surface area contributed by atoms with Crippen LogP contribution in [0.3, 0.4) is 0 Å². The number of esters is 1. The fourth-order valence-electron chi connectivity index (χ4n) is 4.37. The highest BCUT2D eigenvalue weighted by atomic mass is 32.1. The summed E-state index contributed by atoms with van der Waals surface area (Å²) in [5.74, 6) is -0.453. The van der Waals surface area contributed by atoms with Crippen LogP contribution in [0.25, 0.3) is 21.5 Å².